The Kier molecular flexibility index (Phi) is 7.43. The van der Waals surface area contributed by atoms with Crippen LogP contribution >= 0.6 is 23.5 Å². The number of carbonyl (C=O) groups is 1. The number of oxazole rings is 1. The quantitative estimate of drug-likeness (QED) is 0.167. The van der Waals surface area contributed by atoms with Crippen LogP contribution in [0.5, 0.6) is 0 Å². The molecule has 37 heavy (non-hydrogen) atoms. The van der Waals surface area contributed by atoms with E-state index in [1.807, 2.05) is 0 Å². The molecule has 2 N–H and O–H groups in total. The van der Waals surface area contributed by atoms with Crippen molar-refractivity contribution in [2.24, 2.45) is 0 Å². The molecular weight excluding hydrogens is 576 g/mol. The van der Waals surface area contributed by atoms with Gasteiger partial charge in [-0.15, -0.1) is 0 Å². The van der Waals surface area contributed by atoms with Gasteiger partial charge in [-0.3, -0.25) is 14.3 Å². The Morgan fingerprint density at radius 2 is 1.73 bits per heavy atom. The van der Waals surface area contributed by atoms with E-state index in [0.717, 1.165) is 6.07 Å². The Labute approximate surface area is 217 Å². The second kappa shape index (κ2) is 10.3. The normalized spacial score (nSPS) is 12.0. The van der Waals surface area contributed by atoms with Crippen molar-refractivity contribution in [3.8, 4) is 11.3 Å². The summed E-state index contributed by atoms with van der Waals surface area (Å²) in [5.74, 6) is -0.146. The van der Waals surface area contributed by atoms with Crippen molar-refractivity contribution in [3.05, 3.63) is 99.9 Å². The molecule has 0 aliphatic carbocycles. The zero-order valence-electron chi connectivity index (χ0n) is 19.1. The van der Waals surface area contributed by atoms with Crippen molar-refractivity contribution < 1.29 is 36.7 Å². The van der Waals surface area contributed by atoms with Crippen LogP contribution in [0.15, 0.2) is 81.8 Å². The fourth-order valence-corrected chi connectivity index (χ4v) is 4.86. The van der Waals surface area contributed by atoms with E-state index < -0.39 is 24.6 Å². The summed E-state index contributed by atoms with van der Waals surface area (Å²) in [5, 5.41) is 0. The van der Waals surface area contributed by atoms with E-state index in [1.54, 1.807) is 29.2 Å². The predicted octanol–water partition coefficient (Wildman–Crippen LogP) is 7.01. The summed E-state index contributed by atoms with van der Waals surface area (Å²) in [7, 11) is -5.75. The third-order valence-electron chi connectivity index (χ3n) is 5.50. The lowest BCUT2D eigenvalue weighted by Crippen LogP contribution is -2.18. The molecule has 0 radical (unpaired) electrons. The van der Waals surface area contributed by atoms with Gasteiger partial charge in [-0.05, 0) is 42.8 Å². The summed E-state index contributed by atoms with van der Waals surface area (Å²) in [6.07, 6.45) is 1.48. The number of aromatic nitrogens is 1. The van der Waals surface area contributed by atoms with Crippen LogP contribution in [0.25, 0.3) is 11.3 Å². The Bertz CT molecular complexity index is 1490. The zero-order chi connectivity index (χ0) is 27.0. The molecule has 0 spiro atoms. The molecule has 0 aliphatic heterocycles. The number of Topliss-reactive ketones (excluding diaryl/α,β-unsaturated/α-hetero) is 1. The van der Waals surface area contributed by atoms with Gasteiger partial charge in [0.2, 0.25) is 0 Å². The van der Waals surface area contributed by atoms with Crippen molar-refractivity contribution in [1.29, 1.82) is 0 Å². The average Bonchev–Trinajstić information content (AvgIpc) is 3.32. The molecule has 3 aromatic carbocycles. The minimum atomic E-state index is -5.75. The third kappa shape index (κ3) is 5.70. The lowest BCUT2D eigenvalue weighted by atomic mass is 10.1. The number of ketones is 1. The van der Waals surface area contributed by atoms with E-state index in [4.69, 9.17) is 14.2 Å². The number of alkyl halides is 2. The fourth-order valence-electron chi connectivity index (χ4n) is 3.52. The first-order valence-corrected chi connectivity index (χ1v) is 13.1. The summed E-state index contributed by atoms with van der Waals surface area (Å²) in [6, 6.07) is 15.9. The van der Waals surface area contributed by atoms with Crippen LogP contribution in [-0.2, 0) is 16.8 Å². The highest BCUT2D eigenvalue weighted by atomic mass is 79.9. The first-order valence-electron chi connectivity index (χ1n) is 10.7. The maximum Gasteiger partial charge on any atom is 0.399 e. The van der Waals surface area contributed by atoms with E-state index in [-0.39, 0.29) is 22.8 Å². The number of anilines is 2. The van der Waals surface area contributed by atoms with E-state index in [2.05, 4.69) is 20.9 Å². The molecular formula is C25H19BrF3N2O5P. The van der Waals surface area contributed by atoms with Gasteiger partial charge in [0.1, 0.15) is 5.82 Å². The SMILES string of the molecule is CC(=O)c1ccc(-c2cnc(N(Cc3ccc(C(F)(F)P(=O)(O)O)c(Br)c3)c3ccc(F)cc3)o2)cc1. The van der Waals surface area contributed by atoms with E-state index in [1.165, 1.54) is 49.5 Å². The van der Waals surface area contributed by atoms with Gasteiger partial charge in [-0.25, -0.2) is 9.37 Å². The summed E-state index contributed by atoms with van der Waals surface area (Å²) in [4.78, 5) is 35.6. The van der Waals surface area contributed by atoms with Crippen molar-refractivity contribution in [2.45, 2.75) is 19.1 Å². The number of carbonyl (C=O) groups excluding carboxylic acids is 1. The number of hydrogen-bond donors (Lipinski definition) is 2. The topological polar surface area (TPSA) is 104 Å². The molecule has 1 heterocycles. The highest BCUT2D eigenvalue weighted by Crippen LogP contribution is 2.60. The van der Waals surface area contributed by atoms with Crippen LogP contribution in [0.2, 0.25) is 0 Å². The molecule has 192 valence electrons. The zero-order valence-corrected chi connectivity index (χ0v) is 21.6. The summed E-state index contributed by atoms with van der Waals surface area (Å²) >= 11 is 2.98. The first kappa shape index (κ1) is 26.8. The van der Waals surface area contributed by atoms with Gasteiger partial charge in [-0.2, -0.15) is 8.78 Å². The van der Waals surface area contributed by atoms with Crippen LogP contribution in [0.4, 0.5) is 24.9 Å². The number of halogens is 4. The molecule has 0 unspecified atom stereocenters. The van der Waals surface area contributed by atoms with Gasteiger partial charge in [0.15, 0.2) is 11.5 Å². The summed E-state index contributed by atoms with van der Waals surface area (Å²) in [5.41, 5.74) is -3.08. The van der Waals surface area contributed by atoms with Crippen molar-refractivity contribution in [2.75, 3.05) is 4.90 Å². The molecule has 0 saturated carbocycles. The maximum atomic E-state index is 14.2. The van der Waals surface area contributed by atoms with Gasteiger partial charge < -0.3 is 14.2 Å². The first-order chi connectivity index (χ1) is 17.4. The Morgan fingerprint density at radius 3 is 2.30 bits per heavy atom. The van der Waals surface area contributed by atoms with Crippen molar-refractivity contribution in [3.63, 3.8) is 0 Å². The summed E-state index contributed by atoms with van der Waals surface area (Å²) < 4.78 is 59.1. The van der Waals surface area contributed by atoms with Crippen LogP contribution in [0.1, 0.15) is 28.4 Å². The molecule has 0 aliphatic rings. The lowest BCUT2D eigenvalue weighted by molar-refractivity contribution is 0.0557. The Morgan fingerprint density at radius 1 is 1.08 bits per heavy atom. The van der Waals surface area contributed by atoms with E-state index in [0.29, 0.717) is 28.1 Å². The molecule has 0 fully saturated rings. The summed E-state index contributed by atoms with van der Waals surface area (Å²) in [6.45, 7) is 1.50. The van der Waals surface area contributed by atoms with Crippen LogP contribution in [0, 0.1) is 5.82 Å². The monoisotopic (exact) mass is 594 g/mol. The molecule has 7 nitrogen and oxygen atoms in total. The van der Waals surface area contributed by atoms with Gasteiger partial charge in [0.25, 0.3) is 0 Å². The predicted molar refractivity (Wildman–Crippen MR) is 134 cm³/mol. The molecule has 1 aromatic heterocycles. The minimum Gasteiger partial charge on any atom is -0.423 e. The highest BCUT2D eigenvalue weighted by molar-refractivity contribution is 9.10. The van der Waals surface area contributed by atoms with Crippen molar-refractivity contribution >= 4 is 41.0 Å². The Hall–Kier alpha value is -3.24. The molecule has 4 aromatic rings. The molecule has 4 rings (SSSR count). The number of rotatable bonds is 8. The van der Waals surface area contributed by atoms with Gasteiger partial charge in [0, 0.05) is 26.9 Å². The second-order valence-corrected chi connectivity index (χ2v) is 10.6. The maximum absolute atomic E-state index is 14.2. The fraction of sp³-hybridized carbons (Fsp3) is 0.120. The van der Waals surface area contributed by atoms with Crippen LogP contribution < -0.4 is 4.90 Å². The lowest BCUT2D eigenvalue weighted by Gasteiger charge is -2.23. The highest BCUT2D eigenvalue weighted by Gasteiger charge is 2.51. The number of benzene rings is 3. The largest absolute Gasteiger partial charge is 0.423 e. The van der Waals surface area contributed by atoms with Gasteiger partial charge >= 0.3 is 19.3 Å². The van der Waals surface area contributed by atoms with Gasteiger partial charge in [-0.1, -0.05) is 52.3 Å². The number of nitrogens with zero attached hydrogens (tertiary/aromatic N) is 2. The smallest absolute Gasteiger partial charge is 0.399 e. The standard InChI is InChI=1S/C25H19BrF3N2O5P/c1-15(32)17-3-5-18(6-4-17)23-13-30-24(36-23)31(20-9-7-19(27)8-10-20)14-16-2-11-21(22(26)12-16)25(28,29)37(33,34)35/h2-13H,14H2,1H3,(H2,33,34,35). The molecule has 0 atom stereocenters. The second-order valence-electron chi connectivity index (χ2n) is 8.10. The molecule has 0 saturated heterocycles. The third-order valence-corrected chi connectivity index (χ3v) is 7.13. The average molecular weight is 595 g/mol. The minimum absolute atomic E-state index is 0.0369. The molecule has 12 heteroatoms. The van der Waals surface area contributed by atoms with Gasteiger partial charge in [0.05, 0.1) is 12.7 Å². The Balaban J connectivity index is 1.69. The van der Waals surface area contributed by atoms with Crippen molar-refractivity contribution in [1.82, 2.24) is 4.98 Å². The molecule has 0 bridgehead atoms. The number of hydrogen-bond acceptors (Lipinski definition) is 5. The van der Waals surface area contributed by atoms with E-state index in [9.17, 15) is 22.5 Å². The van der Waals surface area contributed by atoms with E-state index >= 15 is 0 Å². The van der Waals surface area contributed by atoms with Crippen LogP contribution in [0.3, 0.4) is 0 Å². The molecule has 0 amide bonds. The van der Waals surface area contributed by atoms with Crippen LogP contribution in [-0.4, -0.2) is 20.6 Å².